The summed E-state index contributed by atoms with van der Waals surface area (Å²) in [6, 6.07) is 10.7. The van der Waals surface area contributed by atoms with Gasteiger partial charge in [-0.25, -0.2) is 8.78 Å². The van der Waals surface area contributed by atoms with Gasteiger partial charge >= 0.3 is 0 Å². The van der Waals surface area contributed by atoms with Gasteiger partial charge in [0.2, 0.25) is 0 Å². The SMILES string of the molecule is O=C(c1c(F)cccc1F)N1CC(OCc2ccc(Cl)cc2)C1. The van der Waals surface area contributed by atoms with Gasteiger partial charge in [0.05, 0.1) is 12.7 Å². The lowest BCUT2D eigenvalue weighted by atomic mass is 10.1. The molecule has 120 valence electrons. The van der Waals surface area contributed by atoms with Crippen molar-refractivity contribution < 1.29 is 18.3 Å². The topological polar surface area (TPSA) is 29.5 Å². The van der Waals surface area contributed by atoms with Gasteiger partial charge in [0.25, 0.3) is 5.91 Å². The summed E-state index contributed by atoms with van der Waals surface area (Å²) in [6.07, 6.45) is -0.135. The van der Waals surface area contributed by atoms with Crippen LogP contribution in [-0.2, 0) is 11.3 Å². The smallest absolute Gasteiger partial charge is 0.260 e. The minimum absolute atomic E-state index is 0.135. The summed E-state index contributed by atoms with van der Waals surface area (Å²) in [5.74, 6) is -2.34. The Kier molecular flexibility index (Phi) is 4.59. The molecule has 0 saturated carbocycles. The van der Waals surface area contributed by atoms with E-state index >= 15 is 0 Å². The normalized spacial score (nSPS) is 14.7. The van der Waals surface area contributed by atoms with E-state index in [1.807, 2.05) is 12.1 Å². The van der Waals surface area contributed by atoms with E-state index in [4.69, 9.17) is 16.3 Å². The fraction of sp³-hybridized carbons (Fsp3) is 0.235. The van der Waals surface area contributed by atoms with E-state index in [0.29, 0.717) is 24.7 Å². The van der Waals surface area contributed by atoms with Gasteiger partial charge in [-0.3, -0.25) is 4.79 Å². The quantitative estimate of drug-likeness (QED) is 0.852. The molecule has 6 heteroatoms. The van der Waals surface area contributed by atoms with Crippen molar-refractivity contribution >= 4 is 17.5 Å². The number of nitrogens with zero attached hydrogens (tertiary/aromatic N) is 1. The standard InChI is InChI=1S/C17H14ClF2NO2/c18-12-6-4-11(5-7-12)10-23-13-8-21(9-13)17(22)16-14(19)2-1-3-15(16)20/h1-7,13H,8-10H2. The van der Waals surface area contributed by atoms with E-state index < -0.39 is 23.1 Å². The van der Waals surface area contributed by atoms with E-state index in [1.165, 1.54) is 11.0 Å². The minimum atomic E-state index is -0.847. The van der Waals surface area contributed by atoms with Crippen LogP contribution in [0.1, 0.15) is 15.9 Å². The van der Waals surface area contributed by atoms with E-state index in [0.717, 1.165) is 17.7 Å². The molecule has 0 aromatic heterocycles. The van der Waals surface area contributed by atoms with Crippen molar-refractivity contribution in [1.82, 2.24) is 4.90 Å². The zero-order valence-electron chi connectivity index (χ0n) is 12.1. The van der Waals surface area contributed by atoms with Crippen molar-refractivity contribution in [3.8, 4) is 0 Å². The molecule has 0 unspecified atom stereocenters. The Balaban J connectivity index is 1.53. The molecule has 1 saturated heterocycles. The first-order valence-electron chi connectivity index (χ1n) is 7.14. The van der Waals surface area contributed by atoms with Crippen LogP contribution in [0.15, 0.2) is 42.5 Å². The average molecular weight is 338 g/mol. The first-order chi connectivity index (χ1) is 11.0. The summed E-state index contributed by atoms with van der Waals surface area (Å²) in [4.78, 5) is 13.5. The first-order valence-corrected chi connectivity index (χ1v) is 7.51. The highest BCUT2D eigenvalue weighted by molar-refractivity contribution is 6.30. The molecule has 3 rings (SSSR count). The van der Waals surface area contributed by atoms with Crippen LogP contribution >= 0.6 is 11.6 Å². The van der Waals surface area contributed by atoms with Crippen LogP contribution in [0, 0.1) is 11.6 Å². The van der Waals surface area contributed by atoms with Crippen molar-refractivity contribution in [2.75, 3.05) is 13.1 Å². The van der Waals surface area contributed by atoms with Crippen LogP contribution in [0.25, 0.3) is 0 Å². The average Bonchev–Trinajstić information content (AvgIpc) is 2.47. The number of halogens is 3. The van der Waals surface area contributed by atoms with E-state index in [-0.39, 0.29) is 6.10 Å². The lowest BCUT2D eigenvalue weighted by molar-refractivity contribution is -0.0505. The monoisotopic (exact) mass is 337 g/mol. The van der Waals surface area contributed by atoms with Gasteiger partial charge in [-0.2, -0.15) is 0 Å². The molecule has 0 bridgehead atoms. The van der Waals surface area contributed by atoms with E-state index in [9.17, 15) is 13.6 Å². The zero-order chi connectivity index (χ0) is 16.4. The van der Waals surface area contributed by atoms with Crippen molar-refractivity contribution in [1.29, 1.82) is 0 Å². The van der Waals surface area contributed by atoms with Crippen molar-refractivity contribution in [3.05, 3.63) is 70.2 Å². The largest absolute Gasteiger partial charge is 0.370 e. The Morgan fingerprint density at radius 2 is 1.74 bits per heavy atom. The lowest BCUT2D eigenvalue weighted by Crippen LogP contribution is -2.55. The van der Waals surface area contributed by atoms with Crippen LogP contribution in [0.5, 0.6) is 0 Å². The molecule has 1 amide bonds. The van der Waals surface area contributed by atoms with Gasteiger partial charge in [0.1, 0.15) is 17.2 Å². The minimum Gasteiger partial charge on any atom is -0.370 e. The van der Waals surface area contributed by atoms with Crippen molar-refractivity contribution in [3.63, 3.8) is 0 Å². The van der Waals surface area contributed by atoms with Crippen LogP contribution in [0.2, 0.25) is 5.02 Å². The van der Waals surface area contributed by atoms with Crippen LogP contribution in [0.3, 0.4) is 0 Å². The second-order valence-electron chi connectivity index (χ2n) is 5.37. The van der Waals surface area contributed by atoms with Crippen molar-refractivity contribution in [2.24, 2.45) is 0 Å². The summed E-state index contributed by atoms with van der Waals surface area (Å²) in [7, 11) is 0. The predicted octanol–water partition coefficient (Wildman–Crippen LogP) is 3.66. The summed E-state index contributed by atoms with van der Waals surface area (Å²) < 4.78 is 32.8. The van der Waals surface area contributed by atoms with Crippen LogP contribution < -0.4 is 0 Å². The molecule has 2 aromatic carbocycles. The van der Waals surface area contributed by atoms with Crippen LogP contribution in [0.4, 0.5) is 8.78 Å². The van der Waals surface area contributed by atoms with Gasteiger partial charge < -0.3 is 9.64 Å². The fourth-order valence-corrected chi connectivity index (χ4v) is 2.49. The number of carbonyl (C=O) groups excluding carboxylic acids is 1. The lowest BCUT2D eigenvalue weighted by Gasteiger charge is -2.39. The summed E-state index contributed by atoms with van der Waals surface area (Å²) >= 11 is 5.80. The third kappa shape index (κ3) is 3.51. The molecular weight excluding hydrogens is 324 g/mol. The van der Waals surface area contributed by atoms with E-state index in [1.54, 1.807) is 12.1 Å². The Morgan fingerprint density at radius 1 is 1.13 bits per heavy atom. The molecule has 1 aliphatic rings. The molecule has 23 heavy (non-hydrogen) atoms. The molecule has 0 aliphatic carbocycles. The summed E-state index contributed by atoms with van der Waals surface area (Å²) in [5, 5.41) is 0.654. The van der Waals surface area contributed by atoms with Crippen LogP contribution in [-0.4, -0.2) is 30.0 Å². The van der Waals surface area contributed by atoms with Gasteiger partial charge in [-0.05, 0) is 29.8 Å². The molecule has 2 aromatic rings. The highest BCUT2D eigenvalue weighted by Gasteiger charge is 2.34. The second kappa shape index (κ2) is 6.64. The molecule has 0 radical (unpaired) electrons. The molecule has 1 aliphatic heterocycles. The molecule has 3 nitrogen and oxygen atoms in total. The predicted molar refractivity (Wildman–Crippen MR) is 82.3 cm³/mol. The van der Waals surface area contributed by atoms with Gasteiger partial charge in [0.15, 0.2) is 0 Å². The number of amides is 1. The summed E-state index contributed by atoms with van der Waals surface area (Å²) in [5.41, 5.74) is 0.461. The molecule has 0 N–H and O–H groups in total. The van der Waals surface area contributed by atoms with Gasteiger partial charge in [-0.1, -0.05) is 29.8 Å². The first kappa shape index (κ1) is 15.9. The Morgan fingerprint density at radius 3 is 2.35 bits per heavy atom. The second-order valence-corrected chi connectivity index (χ2v) is 5.80. The number of carbonyl (C=O) groups is 1. The highest BCUT2D eigenvalue weighted by atomic mass is 35.5. The third-order valence-electron chi connectivity index (χ3n) is 3.71. The summed E-state index contributed by atoms with van der Waals surface area (Å²) in [6.45, 7) is 1.04. The third-order valence-corrected chi connectivity index (χ3v) is 3.96. The van der Waals surface area contributed by atoms with E-state index in [2.05, 4.69) is 0 Å². The highest BCUT2D eigenvalue weighted by Crippen LogP contribution is 2.21. The fourth-order valence-electron chi connectivity index (χ4n) is 2.36. The maximum Gasteiger partial charge on any atom is 0.260 e. The molecule has 0 spiro atoms. The Labute approximate surface area is 137 Å². The number of hydrogen-bond acceptors (Lipinski definition) is 2. The van der Waals surface area contributed by atoms with Gasteiger partial charge in [0, 0.05) is 18.1 Å². The molecular formula is C17H14ClF2NO2. The van der Waals surface area contributed by atoms with Gasteiger partial charge in [-0.15, -0.1) is 0 Å². The number of ether oxygens (including phenoxy) is 1. The Hall–Kier alpha value is -1.98. The number of likely N-dealkylation sites (tertiary alicyclic amines) is 1. The maximum absolute atomic E-state index is 13.6. The van der Waals surface area contributed by atoms with Crippen molar-refractivity contribution in [2.45, 2.75) is 12.7 Å². The molecule has 0 atom stereocenters. The molecule has 1 heterocycles. The number of rotatable bonds is 4. The zero-order valence-corrected chi connectivity index (χ0v) is 12.9. The number of hydrogen-bond donors (Lipinski definition) is 0. The number of benzene rings is 2. The Bertz CT molecular complexity index is 695. The molecule has 1 fully saturated rings. The maximum atomic E-state index is 13.6.